The van der Waals surface area contributed by atoms with Crippen LogP contribution in [0.2, 0.25) is 5.02 Å². The zero-order chi connectivity index (χ0) is 14.8. The molecule has 0 aliphatic rings. The van der Waals surface area contributed by atoms with Crippen molar-refractivity contribution < 1.29 is 9.53 Å². The molecular formula is C17H14ClNO2. The Kier molecular flexibility index (Phi) is 3.67. The van der Waals surface area contributed by atoms with Crippen molar-refractivity contribution in [1.82, 2.24) is 4.57 Å². The number of fused-ring (bicyclic) bond motifs is 1. The number of hydrogen-bond acceptors (Lipinski definition) is 2. The highest BCUT2D eigenvalue weighted by Crippen LogP contribution is 2.22. The highest BCUT2D eigenvalue weighted by Gasteiger charge is 2.09. The van der Waals surface area contributed by atoms with Gasteiger partial charge >= 0.3 is 5.97 Å². The van der Waals surface area contributed by atoms with Crippen LogP contribution in [0.1, 0.15) is 15.9 Å². The van der Waals surface area contributed by atoms with Gasteiger partial charge in [-0.05, 0) is 35.9 Å². The molecule has 0 unspecified atom stereocenters. The molecule has 3 rings (SSSR count). The predicted molar refractivity (Wildman–Crippen MR) is 83.8 cm³/mol. The van der Waals surface area contributed by atoms with E-state index in [1.54, 1.807) is 6.07 Å². The third-order valence-corrected chi connectivity index (χ3v) is 3.86. The minimum Gasteiger partial charge on any atom is -0.465 e. The summed E-state index contributed by atoms with van der Waals surface area (Å²) in [6.07, 6.45) is 2.00. The van der Waals surface area contributed by atoms with Gasteiger partial charge in [0.15, 0.2) is 0 Å². The molecule has 4 heteroatoms. The zero-order valence-electron chi connectivity index (χ0n) is 11.5. The molecule has 0 saturated carbocycles. The average Bonchev–Trinajstić information content (AvgIpc) is 2.91. The molecule has 0 amide bonds. The van der Waals surface area contributed by atoms with Gasteiger partial charge in [-0.3, -0.25) is 0 Å². The van der Waals surface area contributed by atoms with Crippen LogP contribution < -0.4 is 0 Å². The molecule has 21 heavy (non-hydrogen) atoms. The van der Waals surface area contributed by atoms with Gasteiger partial charge in [0, 0.05) is 28.7 Å². The molecule has 0 atom stereocenters. The number of nitrogens with zero attached hydrogens (tertiary/aromatic N) is 1. The maximum atomic E-state index is 11.6. The number of halogens is 1. The monoisotopic (exact) mass is 299 g/mol. The fourth-order valence-electron chi connectivity index (χ4n) is 2.39. The first-order valence-electron chi connectivity index (χ1n) is 6.59. The fourth-order valence-corrected chi connectivity index (χ4v) is 2.59. The molecule has 0 bridgehead atoms. The second-order valence-corrected chi connectivity index (χ2v) is 5.21. The van der Waals surface area contributed by atoms with Gasteiger partial charge in [-0.15, -0.1) is 0 Å². The number of aromatic nitrogens is 1. The Bertz CT molecular complexity index is 807. The quantitative estimate of drug-likeness (QED) is 0.681. The van der Waals surface area contributed by atoms with Crippen molar-refractivity contribution in [3.05, 3.63) is 70.9 Å². The molecule has 0 N–H and O–H groups in total. The normalized spacial score (nSPS) is 10.8. The van der Waals surface area contributed by atoms with Crippen molar-refractivity contribution >= 4 is 28.5 Å². The number of hydrogen-bond donors (Lipinski definition) is 0. The number of ether oxygens (including phenoxy) is 1. The summed E-state index contributed by atoms with van der Waals surface area (Å²) in [5.41, 5.74) is 2.68. The maximum absolute atomic E-state index is 11.6. The number of carbonyl (C=O) groups excluding carboxylic acids is 1. The largest absolute Gasteiger partial charge is 0.465 e. The Morgan fingerprint density at radius 2 is 2.00 bits per heavy atom. The van der Waals surface area contributed by atoms with Crippen molar-refractivity contribution in [2.24, 2.45) is 0 Å². The maximum Gasteiger partial charge on any atom is 0.337 e. The molecule has 0 aliphatic heterocycles. The molecular weight excluding hydrogens is 286 g/mol. The second kappa shape index (κ2) is 5.62. The number of rotatable bonds is 3. The Balaban J connectivity index is 1.98. The highest BCUT2D eigenvalue weighted by molar-refractivity contribution is 6.31. The third-order valence-electron chi connectivity index (χ3n) is 3.49. The van der Waals surface area contributed by atoms with Gasteiger partial charge in [-0.2, -0.15) is 0 Å². The SMILES string of the molecule is COC(=O)c1ccc2c(ccn2Cc2ccccc2Cl)c1. The minimum absolute atomic E-state index is 0.323. The van der Waals surface area contributed by atoms with E-state index >= 15 is 0 Å². The smallest absolute Gasteiger partial charge is 0.337 e. The molecule has 0 fully saturated rings. The number of benzene rings is 2. The topological polar surface area (TPSA) is 31.2 Å². The summed E-state index contributed by atoms with van der Waals surface area (Å²) in [6, 6.07) is 15.3. The van der Waals surface area contributed by atoms with Gasteiger partial charge in [0.2, 0.25) is 0 Å². The molecule has 3 nitrogen and oxygen atoms in total. The van der Waals surface area contributed by atoms with Crippen molar-refractivity contribution in [1.29, 1.82) is 0 Å². The van der Waals surface area contributed by atoms with Crippen LogP contribution in [0.15, 0.2) is 54.7 Å². The number of carbonyl (C=O) groups is 1. The third kappa shape index (κ3) is 2.65. The van der Waals surface area contributed by atoms with E-state index < -0.39 is 0 Å². The molecule has 2 aromatic carbocycles. The summed E-state index contributed by atoms with van der Waals surface area (Å²) in [5, 5.41) is 1.76. The zero-order valence-corrected chi connectivity index (χ0v) is 12.3. The van der Waals surface area contributed by atoms with Gasteiger partial charge in [0.05, 0.1) is 12.7 Å². The molecule has 1 aromatic heterocycles. The molecule has 0 saturated heterocycles. The molecule has 3 aromatic rings. The lowest BCUT2D eigenvalue weighted by Gasteiger charge is -2.08. The average molecular weight is 300 g/mol. The van der Waals surface area contributed by atoms with Crippen LogP contribution in [0.25, 0.3) is 10.9 Å². The lowest BCUT2D eigenvalue weighted by molar-refractivity contribution is 0.0601. The lowest BCUT2D eigenvalue weighted by atomic mass is 10.1. The molecule has 106 valence electrons. The highest BCUT2D eigenvalue weighted by atomic mass is 35.5. The first kappa shape index (κ1) is 13.7. The van der Waals surface area contributed by atoms with Crippen molar-refractivity contribution in [3.8, 4) is 0 Å². The number of methoxy groups -OCH3 is 1. The predicted octanol–water partition coefficient (Wildman–Crippen LogP) is 4.13. The molecule has 0 radical (unpaired) electrons. The fraction of sp³-hybridized carbons (Fsp3) is 0.118. The van der Waals surface area contributed by atoms with E-state index in [1.165, 1.54) is 7.11 Å². The van der Waals surface area contributed by atoms with Crippen molar-refractivity contribution in [2.75, 3.05) is 7.11 Å². The van der Waals surface area contributed by atoms with Crippen LogP contribution in [0.4, 0.5) is 0 Å². The minimum atomic E-state index is -0.323. The van der Waals surface area contributed by atoms with Crippen LogP contribution in [-0.4, -0.2) is 17.6 Å². The van der Waals surface area contributed by atoms with Crippen LogP contribution >= 0.6 is 11.6 Å². The van der Waals surface area contributed by atoms with E-state index in [1.807, 2.05) is 48.7 Å². The summed E-state index contributed by atoms with van der Waals surface area (Å²) in [6.45, 7) is 0.695. The summed E-state index contributed by atoms with van der Waals surface area (Å²) in [7, 11) is 1.38. The van der Waals surface area contributed by atoms with Gasteiger partial charge in [-0.1, -0.05) is 29.8 Å². The Hall–Kier alpha value is -2.26. The van der Waals surface area contributed by atoms with E-state index in [2.05, 4.69) is 4.57 Å². The summed E-state index contributed by atoms with van der Waals surface area (Å²) in [5.74, 6) is -0.323. The van der Waals surface area contributed by atoms with Crippen molar-refractivity contribution in [2.45, 2.75) is 6.54 Å². The van der Waals surface area contributed by atoms with E-state index in [4.69, 9.17) is 16.3 Å². The standard InChI is InChI=1S/C17H14ClNO2/c1-21-17(20)13-6-7-16-12(10-13)8-9-19(16)11-14-4-2-3-5-15(14)18/h2-10H,11H2,1H3. The Morgan fingerprint density at radius 1 is 1.19 bits per heavy atom. The van der Waals surface area contributed by atoms with E-state index in [-0.39, 0.29) is 5.97 Å². The van der Waals surface area contributed by atoms with Crippen LogP contribution in [0.5, 0.6) is 0 Å². The van der Waals surface area contributed by atoms with Crippen LogP contribution in [0.3, 0.4) is 0 Å². The van der Waals surface area contributed by atoms with Gasteiger partial charge in [-0.25, -0.2) is 4.79 Å². The van der Waals surface area contributed by atoms with Crippen molar-refractivity contribution in [3.63, 3.8) is 0 Å². The second-order valence-electron chi connectivity index (χ2n) is 4.80. The van der Waals surface area contributed by atoms with E-state index in [0.29, 0.717) is 12.1 Å². The summed E-state index contributed by atoms with van der Waals surface area (Å²) >= 11 is 6.20. The Morgan fingerprint density at radius 3 is 2.76 bits per heavy atom. The lowest BCUT2D eigenvalue weighted by Crippen LogP contribution is -2.01. The van der Waals surface area contributed by atoms with Gasteiger partial charge in [0.1, 0.15) is 0 Å². The molecule has 1 heterocycles. The van der Waals surface area contributed by atoms with E-state index in [9.17, 15) is 4.79 Å². The molecule has 0 spiro atoms. The first-order valence-corrected chi connectivity index (χ1v) is 6.97. The summed E-state index contributed by atoms with van der Waals surface area (Å²) < 4.78 is 6.85. The Labute approximate surface area is 127 Å². The van der Waals surface area contributed by atoms with Gasteiger partial charge < -0.3 is 9.30 Å². The van der Waals surface area contributed by atoms with Crippen LogP contribution in [-0.2, 0) is 11.3 Å². The van der Waals surface area contributed by atoms with E-state index in [0.717, 1.165) is 21.5 Å². The molecule has 0 aliphatic carbocycles. The summed E-state index contributed by atoms with van der Waals surface area (Å²) in [4.78, 5) is 11.6. The van der Waals surface area contributed by atoms with Crippen LogP contribution in [0, 0.1) is 0 Å². The number of esters is 1. The first-order chi connectivity index (χ1) is 10.2. The van der Waals surface area contributed by atoms with Gasteiger partial charge in [0.25, 0.3) is 0 Å².